The van der Waals surface area contributed by atoms with Crippen LogP contribution in [0.25, 0.3) is 0 Å². The predicted molar refractivity (Wildman–Crippen MR) is 120 cm³/mol. The fourth-order valence-corrected chi connectivity index (χ4v) is 4.51. The van der Waals surface area contributed by atoms with Crippen molar-refractivity contribution in [3.05, 3.63) is 16.8 Å². The van der Waals surface area contributed by atoms with Crippen molar-refractivity contribution in [3.8, 4) is 5.75 Å². The van der Waals surface area contributed by atoms with Crippen LogP contribution in [0.2, 0.25) is 5.15 Å². The van der Waals surface area contributed by atoms with Crippen LogP contribution in [0.4, 0.5) is 10.6 Å². The summed E-state index contributed by atoms with van der Waals surface area (Å²) in [7, 11) is 0. The van der Waals surface area contributed by atoms with Gasteiger partial charge in [-0.15, -0.1) is 0 Å². The summed E-state index contributed by atoms with van der Waals surface area (Å²) < 4.78 is 17.2. The maximum atomic E-state index is 13.7. The average Bonchev–Trinajstić information content (AvgIpc) is 2.82. The number of morpholine rings is 1. The third-order valence-corrected chi connectivity index (χ3v) is 6.07. The minimum absolute atomic E-state index is 0.159. The number of piperazine rings is 1. The summed E-state index contributed by atoms with van der Waals surface area (Å²) in [5, 5.41) is 0.268. The Hall–Kier alpha value is -2.26. The Morgan fingerprint density at radius 3 is 2.72 bits per heavy atom. The van der Waals surface area contributed by atoms with Crippen molar-refractivity contribution in [1.29, 1.82) is 0 Å². The number of carbonyl (C=O) groups excluding carboxylic acids is 2. The summed E-state index contributed by atoms with van der Waals surface area (Å²) in [5.74, 6) is 0.777. The zero-order valence-corrected chi connectivity index (χ0v) is 20.1. The van der Waals surface area contributed by atoms with Crippen molar-refractivity contribution in [3.63, 3.8) is 0 Å². The third kappa shape index (κ3) is 4.45. The molecular formula is C22H31ClN4O5. The molecule has 1 atom stereocenters. The molecule has 0 spiro atoms. The lowest BCUT2D eigenvalue weighted by atomic mass is 10.0. The van der Waals surface area contributed by atoms with E-state index in [0.717, 1.165) is 0 Å². The van der Waals surface area contributed by atoms with Gasteiger partial charge in [-0.2, -0.15) is 0 Å². The van der Waals surface area contributed by atoms with Crippen molar-refractivity contribution < 1.29 is 23.8 Å². The molecule has 32 heavy (non-hydrogen) atoms. The number of amides is 2. The fraction of sp³-hybridized carbons (Fsp3) is 0.682. The molecule has 3 aliphatic heterocycles. The molecule has 0 aliphatic carbocycles. The monoisotopic (exact) mass is 466 g/mol. The fourth-order valence-electron chi connectivity index (χ4n) is 4.33. The number of nitrogens with zero attached hydrogens (tertiary/aromatic N) is 4. The summed E-state index contributed by atoms with van der Waals surface area (Å²) in [5.41, 5.74) is -0.522. The molecule has 176 valence electrons. The Labute approximate surface area is 193 Å². The zero-order valence-electron chi connectivity index (χ0n) is 19.3. The van der Waals surface area contributed by atoms with Crippen LogP contribution in [0.3, 0.4) is 0 Å². The third-order valence-electron chi connectivity index (χ3n) is 5.87. The molecule has 10 heteroatoms. The molecule has 9 nitrogen and oxygen atoms in total. The molecule has 0 N–H and O–H groups in total. The van der Waals surface area contributed by atoms with Gasteiger partial charge in [0.1, 0.15) is 34.5 Å². The van der Waals surface area contributed by atoms with E-state index >= 15 is 0 Å². The highest BCUT2D eigenvalue weighted by atomic mass is 35.5. The first-order valence-corrected chi connectivity index (χ1v) is 11.3. The molecule has 4 heterocycles. The van der Waals surface area contributed by atoms with Crippen molar-refractivity contribution in [2.45, 2.75) is 51.8 Å². The molecule has 3 aliphatic rings. The largest absolute Gasteiger partial charge is 0.490 e. The Morgan fingerprint density at radius 1 is 1.28 bits per heavy atom. The van der Waals surface area contributed by atoms with E-state index < -0.39 is 5.60 Å². The summed E-state index contributed by atoms with van der Waals surface area (Å²) in [6, 6.07) is 1.30. The lowest BCUT2D eigenvalue weighted by Crippen LogP contribution is -2.58. The lowest BCUT2D eigenvalue weighted by molar-refractivity contribution is 0.000941. The number of carbonyl (C=O) groups is 2. The first-order chi connectivity index (χ1) is 15.0. The Balaban J connectivity index is 1.63. The van der Waals surface area contributed by atoms with Gasteiger partial charge in [0.05, 0.1) is 24.8 Å². The van der Waals surface area contributed by atoms with Crippen molar-refractivity contribution in [2.24, 2.45) is 0 Å². The van der Waals surface area contributed by atoms with Gasteiger partial charge >= 0.3 is 6.09 Å². The quantitative estimate of drug-likeness (QED) is 0.588. The van der Waals surface area contributed by atoms with E-state index in [1.54, 1.807) is 15.9 Å². The van der Waals surface area contributed by atoms with Crippen LogP contribution in [0.5, 0.6) is 5.75 Å². The highest BCUT2D eigenvalue weighted by Crippen LogP contribution is 2.38. The van der Waals surface area contributed by atoms with Crippen molar-refractivity contribution in [1.82, 2.24) is 14.8 Å². The molecule has 2 fully saturated rings. The Kier molecular flexibility index (Phi) is 5.92. The van der Waals surface area contributed by atoms with Gasteiger partial charge in [-0.1, -0.05) is 11.6 Å². The number of fused-ring (bicyclic) bond motifs is 2. The minimum Gasteiger partial charge on any atom is -0.490 e. The second kappa shape index (κ2) is 8.26. The number of hydrogen-bond acceptors (Lipinski definition) is 7. The molecule has 0 aromatic carbocycles. The van der Waals surface area contributed by atoms with E-state index in [1.807, 2.05) is 34.6 Å². The molecule has 0 bridgehead atoms. The Morgan fingerprint density at radius 2 is 2.03 bits per heavy atom. The number of hydrogen-bond donors (Lipinski definition) is 0. The number of rotatable bonds is 1. The molecule has 0 radical (unpaired) electrons. The number of anilines is 1. The molecule has 1 aromatic heterocycles. The molecule has 0 unspecified atom stereocenters. The molecule has 4 rings (SSSR count). The maximum absolute atomic E-state index is 13.7. The molecule has 0 saturated carbocycles. The van der Waals surface area contributed by atoms with E-state index in [2.05, 4.69) is 9.88 Å². The maximum Gasteiger partial charge on any atom is 0.410 e. The van der Waals surface area contributed by atoms with Crippen LogP contribution < -0.4 is 9.64 Å². The lowest BCUT2D eigenvalue weighted by Gasteiger charge is -2.44. The van der Waals surface area contributed by atoms with E-state index in [9.17, 15) is 9.59 Å². The molecule has 2 amide bonds. The first-order valence-electron chi connectivity index (χ1n) is 10.9. The van der Waals surface area contributed by atoms with Crippen molar-refractivity contribution in [2.75, 3.05) is 50.9 Å². The van der Waals surface area contributed by atoms with E-state index in [1.165, 1.54) is 0 Å². The minimum atomic E-state index is -0.581. The van der Waals surface area contributed by atoms with Gasteiger partial charge in [0.15, 0.2) is 0 Å². The van der Waals surface area contributed by atoms with Crippen LogP contribution >= 0.6 is 11.6 Å². The second-order valence-electron chi connectivity index (χ2n) is 10.0. The summed E-state index contributed by atoms with van der Waals surface area (Å²) in [6.45, 7) is 12.6. The van der Waals surface area contributed by atoms with Crippen LogP contribution in [0.15, 0.2) is 6.07 Å². The van der Waals surface area contributed by atoms with Gasteiger partial charge in [0.25, 0.3) is 5.91 Å². The van der Waals surface area contributed by atoms with Gasteiger partial charge in [-0.05, 0) is 34.6 Å². The van der Waals surface area contributed by atoms with Gasteiger partial charge in [-0.3, -0.25) is 4.79 Å². The summed E-state index contributed by atoms with van der Waals surface area (Å²) >= 11 is 6.33. The Bertz CT molecular complexity index is 916. The van der Waals surface area contributed by atoms with Gasteiger partial charge in [0.2, 0.25) is 0 Å². The second-order valence-corrected chi connectivity index (χ2v) is 10.4. The average molecular weight is 467 g/mol. The number of pyridine rings is 1. The van der Waals surface area contributed by atoms with Crippen LogP contribution in [0, 0.1) is 0 Å². The highest BCUT2D eigenvalue weighted by molar-refractivity contribution is 6.30. The smallest absolute Gasteiger partial charge is 0.410 e. The summed E-state index contributed by atoms with van der Waals surface area (Å²) in [4.78, 5) is 36.3. The van der Waals surface area contributed by atoms with Crippen LogP contribution in [-0.2, 0) is 9.47 Å². The van der Waals surface area contributed by atoms with Crippen LogP contribution in [-0.4, -0.2) is 90.0 Å². The molecule has 2 saturated heterocycles. The molecule has 1 aromatic rings. The van der Waals surface area contributed by atoms with E-state index in [0.29, 0.717) is 56.5 Å². The number of ether oxygens (including phenoxy) is 3. The van der Waals surface area contributed by atoms with E-state index in [4.69, 9.17) is 25.8 Å². The first kappa shape index (κ1) is 22.9. The van der Waals surface area contributed by atoms with Crippen molar-refractivity contribution >= 4 is 29.4 Å². The molecular weight excluding hydrogens is 436 g/mol. The predicted octanol–water partition coefficient (Wildman–Crippen LogP) is 2.80. The van der Waals surface area contributed by atoms with Gasteiger partial charge in [0, 0.05) is 32.2 Å². The standard InChI is InChI=1S/C22H31ClN4O5/c1-21(2,3)32-20(29)25-6-7-26-14(11-25)12-31-15-10-16(23)24-18(17(15)19(26)28)27-8-9-30-13-22(27,4)5/h10,14H,6-9,11-13H2,1-5H3/t14-/m1/s1. The SMILES string of the molecule is CC(C)(C)OC(=O)N1CCN2C(=O)c3c(cc(Cl)nc3N3CCOCC3(C)C)OC[C@H]2C1. The van der Waals surface area contributed by atoms with Gasteiger partial charge < -0.3 is 28.9 Å². The van der Waals surface area contributed by atoms with Gasteiger partial charge in [-0.25, -0.2) is 9.78 Å². The summed E-state index contributed by atoms with van der Waals surface area (Å²) in [6.07, 6.45) is -0.383. The van der Waals surface area contributed by atoms with Crippen LogP contribution in [0.1, 0.15) is 45.0 Å². The highest BCUT2D eigenvalue weighted by Gasteiger charge is 2.42. The topological polar surface area (TPSA) is 84.4 Å². The van der Waals surface area contributed by atoms with E-state index in [-0.39, 0.29) is 35.3 Å². The number of aromatic nitrogens is 1. The normalized spacial score (nSPS) is 23.1. The number of halogens is 1. The zero-order chi connectivity index (χ0) is 23.3.